The molecule has 1 nitrogen and oxygen atoms in total. The van der Waals surface area contributed by atoms with Gasteiger partial charge in [0.1, 0.15) is 0 Å². The van der Waals surface area contributed by atoms with Gasteiger partial charge < -0.3 is 0 Å². The van der Waals surface area contributed by atoms with Crippen molar-refractivity contribution in [1.29, 1.82) is 0 Å². The lowest BCUT2D eigenvalue weighted by Gasteiger charge is -2.20. The lowest BCUT2D eigenvalue weighted by Crippen LogP contribution is -1.93. The minimum atomic E-state index is 1.00. The molecule has 1 aliphatic carbocycles. The molecule has 0 unspecified atom stereocenters. The summed E-state index contributed by atoms with van der Waals surface area (Å²) in [7, 11) is 0. The number of fused-ring (bicyclic) bond motifs is 5. The van der Waals surface area contributed by atoms with Crippen LogP contribution in [0.3, 0.4) is 0 Å². The second-order valence-electron chi connectivity index (χ2n) is 12.6. The number of rotatable bonds is 4. The van der Waals surface area contributed by atoms with Gasteiger partial charge in [0.05, 0.1) is 11.2 Å². The highest BCUT2D eigenvalue weighted by molar-refractivity contribution is 6.29. The van der Waals surface area contributed by atoms with E-state index in [0.717, 1.165) is 27.7 Å². The van der Waals surface area contributed by atoms with Crippen LogP contribution in [-0.2, 0) is 0 Å². The molecular weight excluding hydrogens is 579 g/mol. The predicted molar refractivity (Wildman–Crippen MR) is 203 cm³/mol. The van der Waals surface area contributed by atoms with Crippen molar-refractivity contribution in [2.75, 3.05) is 0 Å². The van der Waals surface area contributed by atoms with Crippen molar-refractivity contribution in [3.63, 3.8) is 0 Å². The van der Waals surface area contributed by atoms with Gasteiger partial charge in [-0.05, 0) is 83.7 Å². The fraction of sp³-hybridized carbons (Fsp3) is 0. The first-order valence-electron chi connectivity index (χ1n) is 16.6. The molecular formula is C47H29N. The number of hydrogen-bond donors (Lipinski definition) is 0. The van der Waals surface area contributed by atoms with Gasteiger partial charge >= 0.3 is 0 Å². The van der Waals surface area contributed by atoms with Gasteiger partial charge in [0.15, 0.2) is 0 Å². The molecule has 0 saturated carbocycles. The number of benzene rings is 8. The molecule has 0 bridgehead atoms. The summed E-state index contributed by atoms with van der Waals surface area (Å²) in [4.78, 5) is 5.38. The Hall–Kier alpha value is -6.31. The largest absolute Gasteiger partial charge is 0.247 e. The summed E-state index contributed by atoms with van der Waals surface area (Å²) in [5.41, 5.74) is 15.7. The van der Waals surface area contributed by atoms with E-state index in [1.54, 1.807) is 0 Å². The Balaban J connectivity index is 1.35. The molecule has 0 saturated heterocycles. The van der Waals surface area contributed by atoms with Crippen LogP contribution in [0, 0.1) is 0 Å². The number of para-hydroxylation sites is 1. The van der Waals surface area contributed by atoms with Gasteiger partial charge in [-0.25, -0.2) is 4.98 Å². The minimum absolute atomic E-state index is 1.00. The molecule has 0 spiro atoms. The molecule has 0 N–H and O–H groups in total. The van der Waals surface area contributed by atoms with E-state index in [1.807, 2.05) is 0 Å². The van der Waals surface area contributed by atoms with Crippen LogP contribution in [0.1, 0.15) is 0 Å². The van der Waals surface area contributed by atoms with Crippen LogP contribution in [0.5, 0.6) is 0 Å². The maximum absolute atomic E-state index is 5.38. The molecule has 48 heavy (non-hydrogen) atoms. The third kappa shape index (κ3) is 3.95. The van der Waals surface area contributed by atoms with Gasteiger partial charge in [0.2, 0.25) is 0 Å². The topological polar surface area (TPSA) is 12.9 Å². The smallest absolute Gasteiger partial charge is 0.0794 e. The molecule has 9 aromatic rings. The molecule has 1 aliphatic rings. The molecule has 0 radical (unpaired) electrons. The highest BCUT2D eigenvalue weighted by Gasteiger charge is 2.31. The lowest BCUT2D eigenvalue weighted by molar-refractivity contribution is 1.40. The van der Waals surface area contributed by atoms with E-state index in [4.69, 9.17) is 4.98 Å². The first kappa shape index (κ1) is 26.9. The summed E-state index contributed by atoms with van der Waals surface area (Å²) >= 11 is 0. The normalized spacial score (nSPS) is 11.8. The second-order valence-corrected chi connectivity index (χ2v) is 12.6. The Bertz CT molecular complexity index is 2600. The van der Waals surface area contributed by atoms with Crippen molar-refractivity contribution in [2.45, 2.75) is 0 Å². The average Bonchev–Trinajstić information content (AvgIpc) is 3.49. The molecule has 1 heteroatoms. The monoisotopic (exact) mass is 607 g/mol. The number of nitrogens with zero attached hydrogens (tertiary/aromatic N) is 1. The highest BCUT2D eigenvalue weighted by atomic mass is 14.7. The van der Waals surface area contributed by atoms with Crippen LogP contribution in [0.4, 0.5) is 0 Å². The van der Waals surface area contributed by atoms with Gasteiger partial charge in [-0.3, -0.25) is 0 Å². The van der Waals surface area contributed by atoms with Gasteiger partial charge in [0.25, 0.3) is 0 Å². The van der Waals surface area contributed by atoms with Crippen LogP contribution < -0.4 is 0 Å². The second kappa shape index (κ2) is 10.6. The van der Waals surface area contributed by atoms with Crippen LogP contribution in [0.25, 0.3) is 99.3 Å². The molecule has 1 aromatic heterocycles. The molecule has 10 rings (SSSR count). The summed E-state index contributed by atoms with van der Waals surface area (Å²) in [5, 5.41) is 6.21. The Kier molecular flexibility index (Phi) is 5.94. The van der Waals surface area contributed by atoms with Gasteiger partial charge in [0, 0.05) is 16.5 Å². The van der Waals surface area contributed by atoms with Gasteiger partial charge in [-0.1, -0.05) is 164 Å². The zero-order valence-corrected chi connectivity index (χ0v) is 26.2. The Morgan fingerprint density at radius 2 is 0.812 bits per heavy atom. The van der Waals surface area contributed by atoms with Crippen LogP contribution >= 0.6 is 0 Å². The lowest BCUT2D eigenvalue weighted by atomic mass is 9.82. The van der Waals surface area contributed by atoms with E-state index in [0.29, 0.717) is 0 Å². The fourth-order valence-corrected chi connectivity index (χ4v) is 7.98. The maximum Gasteiger partial charge on any atom is 0.0794 e. The zero-order chi connectivity index (χ0) is 31.6. The summed E-state index contributed by atoms with van der Waals surface area (Å²) < 4.78 is 0. The van der Waals surface area contributed by atoms with Crippen molar-refractivity contribution in [3.05, 3.63) is 176 Å². The van der Waals surface area contributed by atoms with E-state index < -0.39 is 0 Å². The maximum atomic E-state index is 5.38. The summed E-state index contributed by atoms with van der Waals surface area (Å²) in [6.07, 6.45) is 0. The predicted octanol–water partition coefficient (Wildman–Crippen LogP) is 12.9. The molecule has 8 aromatic carbocycles. The van der Waals surface area contributed by atoms with E-state index in [9.17, 15) is 0 Å². The standard InChI is InChI=1S/C47H29N/c1-4-15-30(16-5-1)40-29-33-21-10-13-26-41(33)48-47(40)37-27-28-39-44-36(37)24-14-25-38(44)45-42(31-17-6-2-7-18-31)34-22-11-12-23-35(34)43(46(39)45)32-19-8-3-9-20-32/h1-29H. The van der Waals surface area contributed by atoms with Crippen molar-refractivity contribution in [1.82, 2.24) is 4.98 Å². The zero-order valence-electron chi connectivity index (χ0n) is 26.2. The molecule has 0 atom stereocenters. The third-order valence-corrected chi connectivity index (χ3v) is 9.98. The molecule has 0 amide bonds. The van der Waals surface area contributed by atoms with E-state index >= 15 is 0 Å². The summed E-state index contributed by atoms with van der Waals surface area (Å²) in [6.45, 7) is 0. The highest BCUT2D eigenvalue weighted by Crippen LogP contribution is 2.58. The fourth-order valence-electron chi connectivity index (χ4n) is 7.98. The first-order valence-corrected chi connectivity index (χ1v) is 16.6. The Labute approximate surface area is 279 Å². The Morgan fingerprint density at radius 1 is 0.312 bits per heavy atom. The van der Waals surface area contributed by atoms with E-state index in [1.165, 1.54) is 71.6 Å². The minimum Gasteiger partial charge on any atom is -0.247 e. The Morgan fingerprint density at radius 3 is 1.46 bits per heavy atom. The molecule has 0 fully saturated rings. The number of hydrogen-bond acceptors (Lipinski definition) is 1. The number of pyridine rings is 1. The first-order chi connectivity index (χ1) is 23.8. The molecule has 1 heterocycles. The van der Waals surface area contributed by atoms with Crippen molar-refractivity contribution < 1.29 is 0 Å². The summed E-state index contributed by atoms with van der Waals surface area (Å²) in [6, 6.07) is 63.7. The van der Waals surface area contributed by atoms with Crippen LogP contribution in [-0.4, -0.2) is 4.98 Å². The number of aromatic nitrogens is 1. The third-order valence-electron chi connectivity index (χ3n) is 9.98. The van der Waals surface area contributed by atoms with E-state index in [2.05, 4.69) is 176 Å². The van der Waals surface area contributed by atoms with Crippen molar-refractivity contribution >= 4 is 32.4 Å². The summed E-state index contributed by atoms with van der Waals surface area (Å²) in [5.74, 6) is 0. The molecule has 222 valence electrons. The van der Waals surface area contributed by atoms with Crippen molar-refractivity contribution in [2.24, 2.45) is 0 Å². The SMILES string of the molecule is c1ccc(-c2cc3ccccc3nc2-c2ccc3c4c(cccc24)-c2c-3c(-c3ccccc3)c3ccccc3c2-c2ccccc2)cc1. The average molecular weight is 608 g/mol. The van der Waals surface area contributed by atoms with Crippen LogP contribution in [0.15, 0.2) is 176 Å². The van der Waals surface area contributed by atoms with Gasteiger partial charge in [-0.15, -0.1) is 0 Å². The van der Waals surface area contributed by atoms with E-state index in [-0.39, 0.29) is 0 Å². The molecule has 0 aliphatic heterocycles. The van der Waals surface area contributed by atoms with Crippen molar-refractivity contribution in [3.8, 4) is 66.9 Å². The van der Waals surface area contributed by atoms with Crippen LogP contribution in [0.2, 0.25) is 0 Å². The quantitative estimate of drug-likeness (QED) is 0.194. The van der Waals surface area contributed by atoms with Gasteiger partial charge in [-0.2, -0.15) is 0 Å².